The van der Waals surface area contributed by atoms with Crippen LogP contribution in [0.1, 0.15) is 58.0 Å². The van der Waals surface area contributed by atoms with Crippen LogP contribution in [0.15, 0.2) is 11.6 Å². The van der Waals surface area contributed by atoms with Crippen molar-refractivity contribution in [3.05, 3.63) is 16.6 Å². The zero-order chi connectivity index (χ0) is 15.5. The molecule has 0 saturated heterocycles. The molecular formula is C15H25N3O2S. The summed E-state index contributed by atoms with van der Waals surface area (Å²) in [5.41, 5.74) is -0.459. The molecule has 0 aromatic carbocycles. The maximum atomic E-state index is 11.9. The normalized spacial score (nSPS) is 23.8. The molecule has 1 heterocycles. The van der Waals surface area contributed by atoms with Crippen molar-refractivity contribution in [3.8, 4) is 0 Å². The zero-order valence-corrected chi connectivity index (χ0v) is 14.0. The van der Waals surface area contributed by atoms with Gasteiger partial charge in [0.05, 0.1) is 6.04 Å². The van der Waals surface area contributed by atoms with Crippen LogP contribution in [0, 0.1) is 0 Å². The van der Waals surface area contributed by atoms with E-state index >= 15 is 0 Å². The van der Waals surface area contributed by atoms with Gasteiger partial charge in [0.1, 0.15) is 10.6 Å². The fourth-order valence-corrected chi connectivity index (χ4v) is 3.29. The van der Waals surface area contributed by atoms with Gasteiger partial charge in [-0.15, -0.1) is 11.3 Å². The molecule has 6 heteroatoms. The Kier molecular flexibility index (Phi) is 5.22. The maximum Gasteiger partial charge on any atom is 0.407 e. The molecule has 2 N–H and O–H groups in total. The molecule has 0 spiro atoms. The van der Waals surface area contributed by atoms with Gasteiger partial charge in [-0.2, -0.15) is 0 Å². The van der Waals surface area contributed by atoms with Gasteiger partial charge >= 0.3 is 6.09 Å². The Morgan fingerprint density at radius 1 is 1.43 bits per heavy atom. The number of nitrogens with one attached hydrogen (secondary N) is 2. The van der Waals surface area contributed by atoms with Crippen LogP contribution in [0.3, 0.4) is 0 Å². The van der Waals surface area contributed by atoms with Gasteiger partial charge < -0.3 is 15.4 Å². The lowest BCUT2D eigenvalue weighted by atomic mass is 10.1. The topological polar surface area (TPSA) is 63.2 Å². The van der Waals surface area contributed by atoms with Crippen LogP contribution in [0.4, 0.5) is 4.79 Å². The largest absolute Gasteiger partial charge is 0.444 e. The van der Waals surface area contributed by atoms with E-state index in [9.17, 15) is 4.79 Å². The lowest BCUT2D eigenvalue weighted by Gasteiger charge is -2.27. The molecule has 1 aliphatic carbocycles. The highest BCUT2D eigenvalue weighted by molar-refractivity contribution is 7.09. The SMILES string of the molecule is CC(NC1CCCC1NC(=O)OC(C)(C)C)c1nccs1. The fraction of sp³-hybridized carbons (Fsp3) is 0.733. The molecule has 0 aliphatic heterocycles. The number of amides is 1. The second-order valence-electron chi connectivity index (χ2n) is 6.55. The van der Waals surface area contributed by atoms with Crippen molar-refractivity contribution in [2.45, 2.75) is 70.7 Å². The molecule has 0 bridgehead atoms. The van der Waals surface area contributed by atoms with Crippen LogP contribution < -0.4 is 10.6 Å². The summed E-state index contributed by atoms with van der Waals surface area (Å²) in [4.78, 5) is 16.2. The third-order valence-electron chi connectivity index (χ3n) is 3.50. The Labute approximate surface area is 130 Å². The van der Waals surface area contributed by atoms with E-state index in [1.807, 2.05) is 32.3 Å². The van der Waals surface area contributed by atoms with Gasteiger partial charge in [0.25, 0.3) is 0 Å². The molecule has 1 aromatic heterocycles. The molecule has 118 valence electrons. The molecule has 3 unspecified atom stereocenters. The summed E-state index contributed by atoms with van der Waals surface area (Å²) < 4.78 is 5.34. The first-order valence-corrected chi connectivity index (χ1v) is 8.38. The minimum Gasteiger partial charge on any atom is -0.444 e. The van der Waals surface area contributed by atoms with Crippen molar-refractivity contribution in [1.82, 2.24) is 15.6 Å². The Bertz CT molecular complexity index is 456. The number of ether oxygens (including phenoxy) is 1. The summed E-state index contributed by atoms with van der Waals surface area (Å²) in [6.07, 6.45) is 4.66. The molecule has 1 aromatic rings. The van der Waals surface area contributed by atoms with Crippen molar-refractivity contribution in [2.75, 3.05) is 0 Å². The Morgan fingerprint density at radius 3 is 2.76 bits per heavy atom. The number of nitrogens with zero attached hydrogens (tertiary/aromatic N) is 1. The van der Waals surface area contributed by atoms with Gasteiger partial charge in [-0.05, 0) is 47.0 Å². The van der Waals surface area contributed by atoms with Gasteiger partial charge in [-0.1, -0.05) is 0 Å². The number of carbonyl (C=O) groups is 1. The lowest BCUT2D eigenvalue weighted by molar-refractivity contribution is 0.0497. The minimum absolute atomic E-state index is 0.127. The number of hydrogen-bond acceptors (Lipinski definition) is 5. The van der Waals surface area contributed by atoms with E-state index in [2.05, 4.69) is 22.5 Å². The highest BCUT2D eigenvalue weighted by atomic mass is 32.1. The van der Waals surface area contributed by atoms with E-state index in [4.69, 9.17) is 4.74 Å². The number of carbonyl (C=O) groups excluding carboxylic acids is 1. The molecule has 1 saturated carbocycles. The van der Waals surface area contributed by atoms with E-state index < -0.39 is 5.60 Å². The van der Waals surface area contributed by atoms with Crippen LogP contribution in [0.2, 0.25) is 0 Å². The average molecular weight is 311 g/mol. The highest BCUT2D eigenvalue weighted by Crippen LogP contribution is 2.24. The first-order chi connectivity index (χ1) is 9.85. The molecule has 2 rings (SSSR count). The van der Waals surface area contributed by atoms with Crippen LogP contribution in [0.25, 0.3) is 0 Å². The van der Waals surface area contributed by atoms with E-state index in [1.54, 1.807) is 11.3 Å². The molecular weight excluding hydrogens is 286 g/mol. The zero-order valence-electron chi connectivity index (χ0n) is 13.2. The average Bonchev–Trinajstić information content (AvgIpc) is 2.98. The van der Waals surface area contributed by atoms with Crippen LogP contribution in [0.5, 0.6) is 0 Å². The molecule has 1 fully saturated rings. The van der Waals surface area contributed by atoms with Gasteiger partial charge in [0.2, 0.25) is 0 Å². The summed E-state index contributed by atoms with van der Waals surface area (Å²) in [6, 6.07) is 0.606. The van der Waals surface area contributed by atoms with E-state index in [0.717, 1.165) is 24.3 Å². The predicted molar refractivity (Wildman–Crippen MR) is 84.5 cm³/mol. The standard InChI is InChI=1S/C15H25N3O2S/c1-10(13-16-8-9-21-13)17-11-6-5-7-12(11)18-14(19)20-15(2,3)4/h8-12,17H,5-7H2,1-4H3,(H,18,19). The molecule has 21 heavy (non-hydrogen) atoms. The Balaban J connectivity index is 1.87. The second-order valence-corrected chi connectivity index (χ2v) is 7.47. The lowest BCUT2D eigenvalue weighted by Crippen LogP contribution is -2.48. The Hall–Kier alpha value is -1.14. The van der Waals surface area contributed by atoms with Gasteiger partial charge in [-0.3, -0.25) is 0 Å². The summed E-state index contributed by atoms with van der Waals surface area (Å²) in [5.74, 6) is 0. The van der Waals surface area contributed by atoms with Gasteiger partial charge in [0, 0.05) is 23.7 Å². The van der Waals surface area contributed by atoms with Gasteiger partial charge in [0.15, 0.2) is 0 Å². The highest BCUT2D eigenvalue weighted by Gasteiger charge is 2.31. The number of aromatic nitrogens is 1. The van der Waals surface area contributed by atoms with Crippen molar-refractivity contribution in [3.63, 3.8) is 0 Å². The van der Waals surface area contributed by atoms with E-state index in [-0.39, 0.29) is 24.2 Å². The van der Waals surface area contributed by atoms with Crippen molar-refractivity contribution in [2.24, 2.45) is 0 Å². The summed E-state index contributed by atoms with van der Waals surface area (Å²) in [7, 11) is 0. The van der Waals surface area contributed by atoms with Crippen molar-refractivity contribution in [1.29, 1.82) is 0 Å². The molecule has 1 aliphatic rings. The minimum atomic E-state index is -0.459. The smallest absolute Gasteiger partial charge is 0.407 e. The Morgan fingerprint density at radius 2 is 2.14 bits per heavy atom. The number of hydrogen-bond donors (Lipinski definition) is 2. The van der Waals surface area contributed by atoms with Crippen LogP contribution in [-0.2, 0) is 4.74 Å². The third-order valence-corrected chi connectivity index (χ3v) is 4.46. The second kappa shape index (κ2) is 6.75. The fourth-order valence-electron chi connectivity index (χ4n) is 2.63. The number of thiazole rings is 1. The summed E-state index contributed by atoms with van der Waals surface area (Å²) >= 11 is 1.65. The maximum absolute atomic E-state index is 11.9. The number of rotatable bonds is 4. The van der Waals surface area contributed by atoms with Crippen molar-refractivity contribution >= 4 is 17.4 Å². The molecule has 3 atom stereocenters. The number of alkyl carbamates (subject to hydrolysis) is 1. The molecule has 5 nitrogen and oxygen atoms in total. The first kappa shape index (κ1) is 16.2. The quantitative estimate of drug-likeness (QED) is 0.896. The van der Waals surface area contributed by atoms with E-state index in [1.165, 1.54) is 0 Å². The monoisotopic (exact) mass is 311 g/mol. The summed E-state index contributed by atoms with van der Waals surface area (Å²) in [5, 5.41) is 9.64. The first-order valence-electron chi connectivity index (χ1n) is 7.50. The predicted octanol–water partition coefficient (Wildman–Crippen LogP) is 3.24. The van der Waals surface area contributed by atoms with Gasteiger partial charge in [-0.25, -0.2) is 9.78 Å². The van der Waals surface area contributed by atoms with Crippen LogP contribution in [-0.4, -0.2) is 28.8 Å². The molecule has 1 amide bonds. The van der Waals surface area contributed by atoms with E-state index in [0.29, 0.717) is 0 Å². The summed E-state index contributed by atoms with van der Waals surface area (Å²) in [6.45, 7) is 7.74. The third kappa shape index (κ3) is 4.97. The molecule has 0 radical (unpaired) electrons. The van der Waals surface area contributed by atoms with Crippen LogP contribution >= 0.6 is 11.3 Å². The van der Waals surface area contributed by atoms with Crippen molar-refractivity contribution < 1.29 is 9.53 Å².